The number of hydrogen-bond acceptors (Lipinski definition) is 17. The number of nitrogens with two attached hydrogens (primary N) is 1. The van der Waals surface area contributed by atoms with Crippen LogP contribution in [0.2, 0.25) is 0 Å². The maximum atomic E-state index is 12.9. The van der Waals surface area contributed by atoms with Crippen LogP contribution in [0.25, 0.3) is 0 Å². The molecule has 20 nitrogen and oxygen atoms in total. The fourth-order valence-corrected chi connectivity index (χ4v) is 9.59. The summed E-state index contributed by atoms with van der Waals surface area (Å²) in [5, 5.41) is 41.8. The van der Waals surface area contributed by atoms with Gasteiger partial charge in [0.15, 0.2) is 12.3 Å². The van der Waals surface area contributed by atoms with Crippen LogP contribution in [0.1, 0.15) is 175 Å². The third kappa shape index (κ3) is 30.0. The Morgan fingerprint density at radius 1 is 0.761 bits per heavy atom. The molecule has 2 rings (SSSR count). The third-order valence-electron chi connectivity index (χ3n) is 11.6. The summed E-state index contributed by atoms with van der Waals surface area (Å²) in [6.45, 7) is 4.12. The van der Waals surface area contributed by atoms with Crippen LogP contribution in [-0.2, 0) is 46.3 Å². The molecule has 0 amide bonds. The van der Waals surface area contributed by atoms with Gasteiger partial charge >= 0.3 is 33.3 Å². The summed E-state index contributed by atoms with van der Waals surface area (Å²) >= 11 is 0. The quantitative estimate of drug-likeness (QED) is 0.0141. The Morgan fingerprint density at radius 2 is 1.35 bits per heavy atom. The molecule has 0 bridgehead atoms. The Morgan fingerprint density at radius 3 is 1.99 bits per heavy atom. The molecule has 0 radical (unpaired) electrons. The SMILES string of the molecule is CCCCC/C=C\C/C=C\C/C=C\CC(O)C(O)CCCC(=O)OC[C@H](COP(=O)(O)OP(=O)(O)OC[C@H]1O[C@@H](n2ccc(N)nc2=O)[C@H](O)[C@@H]1O)OC(=O)CCCCCCCCCCCCCC(C)C. The molecule has 1 aromatic rings. The van der Waals surface area contributed by atoms with Gasteiger partial charge < -0.3 is 50.2 Å². The van der Waals surface area contributed by atoms with E-state index in [-0.39, 0.29) is 37.9 Å². The van der Waals surface area contributed by atoms with Crippen molar-refractivity contribution in [3.05, 3.63) is 59.2 Å². The van der Waals surface area contributed by atoms with Gasteiger partial charge in [-0.25, -0.2) is 13.9 Å². The predicted octanol–water partition coefficient (Wildman–Crippen LogP) is 8.19. The molecule has 1 aliphatic heterocycles. The minimum atomic E-state index is -5.48. The van der Waals surface area contributed by atoms with E-state index in [0.29, 0.717) is 12.8 Å². The molecule has 408 valence electrons. The van der Waals surface area contributed by atoms with Crippen LogP contribution in [0.15, 0.2) is 53.5 Å². The lowest BCUT2D eigenvalue weighted by molar-refractivity contribution is -0.161. The molecule has 1 aromatic heterocycles. The summed E-state index contributed by atoms with van der Waals surface area (Å²) in [6.07, 6.45) is 22.6. The van der Waals surface area contributed by atoms with E-state index in [4.69, 9.17) is 29.0 Å². The molecule has 9 atom stereocenters. The molecule has 1 saturated heterocycles. The predicted molar refractivity (Wildman–Crippen MR) is 268 cm³/mol. The fourth-order valence-electron chi connectivity index (χ4n) is 7.48. The number of nitrogen functional groups attached to an aromatic ring is 1. The van der Waals surface area contributed by atoms with Gasteiger partial charge in [-0.2, -0.15) is 9.29 Å². The number of aliphatic hydroxyl groups excluding tert-OH is 4. The minimum Gasteiger partial charge on any atom is -0.462 e. The number of carbonyl (C=O) groups excluding carboxylic acids is 2. The second kappa shape index (κ2) is 36.8. The third-order valence-corrected chi connectivity index (χ3v) is 14.2. The maximum Gasteiger partial charge on any atom is 0.481 e. The molecular weight excluding hydrogens is 964 g/mol. The number of nitrogens with zero attached hydrogens (tertiary/aromatic N) is 2. The van der Waals surface area contributed by atoms with Crippen LogP contribution >= 0.6 is 15.6 Å². The van der Waals surface area contributed by atoms with Gasteiger partial charge in [0.05, 0.1) is 25.4 Å². The summed E-state index contributed by atoms with van der Waals surface area (Å²) in [7, 11) is -11.0. The van der Waals surface area contributed by atoms with Crippen molar-refractivity contribution in [3.63, 3.8) is 0 Å². The molecular formula is C49H85N3O17P2. The Labute approximate surface area is 420 Å². The van der Waals surface area contributed by atoms with E-state index in [1.165, 1.54) is 63.9 Å². The first-order chi connectivity index (χ1) is 33.8. The second-order valence-electron chi connectivity index (χ2n) is 18.5. The van der Waals surface area contributed by atoms with Gasteiger partial charge in [0, 0.05) is 19.0 Å². The van der Waals surface area contributed by atoms with Crippen molar-refractivity contribution >= 4 is 33.4 Å². The van der Waals surface area contributed by atoms with E-state index in [1.54, 1.807) is 6.08 Å². The van der Waals surface area contributed by atoms with E-state index in [9.17, 15) is 53.7 Å². The number of aliphatic hydroxyl groups is 4. The Hall–Kier alpha value is -3.10. The molecule has 71 heavy (non-hydrogen) atoms. The molecule has 22 heteroatoms. The van der Waals surface area contributed by atoms with E-state index >= 15 is 0 Å². The number of phosphoric acid groups is 2. The standard InChI is InChI=1S/C49H85N3O17P2/c1-4-5-6-7-8-9-10-13-16-19-22-25-29-40(53)41(54)30-27-32-44(55)64-35-39(67-45(56)31-26-23-20-17-14-11-12-15-18-21-24-28-38(2)3)36-65-70(60,61)69-71(62,63)66-37-42-46(57)47(58)48(68-42)52-34-33-43(50)51-49(52)59/h8-9,13,16,22,25,33-34,38-42,46-48,53-54,57-58H,4-7,10-12,14-15,17-21,23-24,26-32,35-37H2,1-3H3,(H,60,61)(H,62,63)(H2,50,51,59)/b9-8-,16-13-,25-22-/t39-,40?,41?,42-,46-,47-,48-/m1/s1. The zero-order chi connectivity index (χ0) is 52.5. The van der Waals surface area contributed by atoms with Crippen molar-refractivity contribution in [2.75, 3.05) is 25.6 Å². The lowest BCUT2D eigenvalue weighted by atomic mass is 10.0. The van der Waals surface area contributed by atoms with Crippen LogP contribution in [0.3, 0.4) is 0 Å². The van der Waals surface area contributed by atoms with Gasteiger partial charge in [-0.15, -0.1) is 0 Å². The largest absolute Gasteiger partial charge is 0.481 e. The average Bonchev–Trinajstić information content (AvgIpc) is 3.59. The Balaban J connectivity index is 1.86. The summed E-state index contributed by atoms with van der Waals surface area (Å²) in [5.74, 6) is -0.848. The summed E-state index contributed by atoms with van der Waals surface area (Å²) in [4.78, 5) is 61.9. The van der Waals surface area contributed by atoms with Crippen molar-refractivity contribution in [1.29, 1.82) is 0 Å². The molecule has 0 aromatic carbocycles. The normalized spacial score (nSPS) is 20.4. The van der Waals surface area contributed by atoms with Crippen LogP contribution in [-0.4, -0.2) is 108 Å². The molecule has 0 spiro atoms. The number of rotatable bonds is 41. The van der Waals surface area contributed by atoms with Gasteiger partial charge in [-0.3, -0.25) is 23.2 Å². The number of unbranched alkanes of at least 4 members (excludes halogenated alkanes) is 13. The first-order valence-electron chi connectivity index (χ1n) is 25.5. The molecule has 0 saturated carbocycles. The van der Waals surface area contributed by atoms with Gasteiger partial charge in [0.1, 0.15) is 30.7 Å². The first-order valence-corrected chi connectivity index (χ1v) is 28.5. The van der Waals surface area contributed by atoms with Gasteiger partial charge in [-0.05, 0) is 63.4 Å². The monoisotopic (exact) mass is 1050 g/mol. The highest BCUT2D eigenvalue weighted by molar-refractivity contribution is 7.61. The summed E-state index contributed by atoms with van der Waals surface area (Å²) < 4.78 is 56.5. The second-order valence-corrected chi connectivity index (χ2v) is 21.5. The van der Waals surface area contributed by atoms with Crippen LogP contribution in [0, 0.1) is 5.92 Å². The first kappa shape index (κ1) is 64.0. The van der Waals surface area contributed by atoms with Crippen molar-refractivity contribution in [2.45, 2.75) is 211 Å². The van der Waals surface area contributed by atoms with Crippen LogP contribution in [0.4, 0.5) is 5.82 Å². The number of esters is 2. The molecule has 2 heterocycles. The van der Waals surface area contributed by atoms with Crippen molar-refractivity contribution in [2.24, 2.45) is 5.92 Å². The van der Waals surface area contributed by atoms with Crippen molar-refractivity contribution in [1.82, 2.24) is 9.55 Å². The zero-order valence-corrected chi connectivity index (χ0v) is 44.0. The summed E-state index contributed by atoms with van der Waals surface area (Å²) in [6, 6.07) is 1.23. The number of allylic oxidation sites excluding steroid dienone is 5. The maximum absolute atomic E-state index is 12.9. The fraction of sp³-hybridized carbons (Fsp3) is 0.755. The van der Waals surface area contributed by atoms with E-state index in [0.717, 1.165) is 61.6 Å². The summed E-state index contributed by atoms with van der Waals surface area (Å²) in [5.41, 5.74) is 4.56. The Bertz CT molecular complexity index is 1880. The topological polar surface area (TPSA) is 306 Å². The molecule has 1 aliphatic rings. The van der Waals surface area contributed by atoms with Gasteiger partial charge in [-0.1, -0.05) is 141 Å². The van der Waals surface area contributed by atoms with Gasteiger partial charge in [0.25, 0.3) is 0 Å². The highest BCUT2D eigenvalue weighted by Gasteiger charge is 2.46. The lowest BCUT2D eigenvalue weighted by Gasteiger charge is -2.21. The zero-order valence-electron chi connectivity index (χ0n) is 42.2. The van der Waals surface area contributed by atoms with E-state index in [1.807, 2.05) is 12.2 Å². The highest BCUT2D eigenvalue weighted by Crippen LogP contribution is 2.60. The highest BCUT2D eigenvalue weighted by atomic mass is 31.3. The number of hydrogen-bond donors (Lipinski definition) is 7. The molecule has 4 unspecified atom stereocenters. The van der Waals surface area contributed by atoms with Crippen LogP contribution < -0.4 is 11.4 Å². The van der Waals surface area contributed by atoms with E-state index < -0.39 is 95.9 Å². The molecule has 0 aliphatic carbocycles. The molecule has 1 fully saturated rings. The lowest BCUT2D eigenvalue weighted by Crippen LogP contribution is -2.36. The van der Waals surface area contributed by atoms with Gasteiger partial charge in [0.2, 0.25) is 0 Å². The number of phosphoric ester groups is 2. The average molecular weight is 1050 g/mol. The molecule has 8 N–H and O–H groups in total. The van der Waals surface area contributed by atoms with Crippen molar-refractivity contribution < 1.29 is 76.5 Å². The number of ether oxygens (including phenoxy) is 3. The van der Waals surface area contributed by atoms with Crippen molar-refractivity contribution in [3.8, 4) is 0 Å². The van der Waals surface area contributed by atoms with E-state index in [2.05, 4.69) is 48.3 Å². The number of carbonyl (C=O) groups is 2. The minimum absolute atomic E-state index is 0.00906. The Kier molecular flexibility index (Phi) is 33.1. The number of aromatic nitrogens is 2. The number of anilines is 1. The van der Waals surface area contributed by atoms with Crippen LogP contribution in [0.5, 0.6) is 0 Å². The smallest absolute Gasteiger partial charge is 0.462 e.